The van der Waals surface area contributed by atoms with Crippen molar-refractivity contribution >= 4 is 11.7 Å². The maximum absolute atomic E-state index is 12.3. The van der Waals surface area contributed by atoms with E-state index in [0.29, 0.717) is 6.54 Å². The van der Waals surface area contributed by atoms with Crippen molar-refractivity contribution in [3.8, 4) is 5.75 Å². The van der Waals surface area contributed by atoms with E-state index in [-0.39, 0.29) is 6.03 Å². The van der Waals surface area contributed by atoms with Crippen LogP contribution in [-0.2, 0) is 19.4 Å². The van der Waals surface area contributed by atoms with Gasteiger partial charge in [-0.2, -0.15) is 5.10 Å². The number of hydrogen-bond donors (Lipinski definition) is 3. The van der Waals surface area contributed by atoms with Crippen LogP contribution in [0.3, 0.4) is 0 Å². The zero-order chi connectivity index (χ0) is 19.1. The Labute approximate surface area is 159 Å². The lowest BCUT2D eigenvalue weighted by atomic mass is 10.1. The average Bonchev–Trinajstić information content (AvgIpc) is 3.05. The molecule has 0 bridgehead atoms. The Hall–Kier alpha value is -3.28. The monoisotopic (exact) mass is 364 g/mol. The van der Waals surface area contributed by atoms with E-state index < -0.39 is 0 Å². The van der Waals surface area contributed by atoms with Gasteiger partial charge in [-0.3, -0.25) is 5.10 Å². The molecule has 1 aromatic heterocycles. The molecule has 1 heterocycles. The van der Waals surface area contributed by atoms with Gasteiger partial charge in [-0.15, -0.1) is 0 Å². The van der Waals surface area contributed by atoms with E-state index in [1.165, 1.54) is 5.56 Å². The van der Waals surface area contributed by atoms with Crippen LogP contribution in [0, 0.1) is 6.92 Å². The Morgan fingerprint density at radius 2 is 1.78 bits per heavy atom. The number of rotatable bonds is 7. The van der Waals surface area contributed by atoms with E-state index in [1.54, 1.807) is 7.11 Å². The van der Waals surface area contributed by atoms with Crippen molar-refractivity contribution in [3.63, 3.8) is 0 Å². The molecular formula is C21H24N4O2. The quantitative estimate of drug-likeness (QED) is 0.596. The molecule has 0 spiro atoms. The van der Waals surface area contributed by atoms with Gasteiger partial charge in [-0.1, -0.05) is 42.5 Å². The maximum Gasteiger partial charge on any atom is 0.319 e. The van der Waals surface area contributed by atoms with Crippen molar-refractivity contribution in [2.24, 2.45) is 0 Å². The summed E-state index contributed by atoms with van der Waals surface area (Å²) in [5.41, 5.74) is 4.68. The second-order valence-corrected chi connectivity index (χ2v) is 6.31. The smallest absolute Gasteiger partial charge is 0.319 e. The number of nitrogens with zero attached hydrogens (tertiary/aromatic N) is 1. The van der Waals surface area contributed by atoms with E-state index in [0.717, 1.165) is 41.2 Å². The lowest BCUT2D eigenvalue weighted by Gasteiger charge is -2.09. The number of hydrogen-bond acceptors (Lipinski definition) is 3. The zero-order valence-corrected chi connectivity index (χ0v) is 15.6. The van der Waals surface area contributed by atoms with E-state index in [4.69, 9.17) is 4.74 Å². The normalized spacial score (nSPS) is 10.4. The first kappa shape index (κ1) is 18.5. The summed E-state index contributed by atoms with van der Waals surface area (Å²) in [5, 5.41) is 13.1. The average molecular weight is 364 g/mol. The fourth-order valence-electron chi connectivity index (χ4n) is 2.82. The van der Waals surface area contributed by atoms with E-state index in [2.05, 4.69) is 20.8 Å². The van der Waals surface area contributed by atoms with Crippen LogP contribution < -0.4 is 15.4 Å². The molecule has 0 saturated carbocycles. The highest BCUT2D eigenvalue weighted by Crippen LogP contribution is 2.20. The molecule has 6 heteroatoms. The molecule has 0 aliphatic carbocycles. The van der Waals surface area contributed by atoms with Crippen LogP contribution >= 0.6 is 0 Å². The fourth-order valence-corrected chi connectivity index (χ4v) is 2.82. The van der Waals surface area contributed by atoms with Crippen LogP contribution in [0.4, 0.5) is 10.5 Å². The largest absolute Gasteiger partial charge is 0.497 e. The van der Waals surface area contributed by atoms with Gasteiger partial charge in [0.1, 0.15) is 5.75 Å². The molecule has 0 saturated heterocycles. The molecule has 27 heavy (non-hydrogen) atoms. The summed E-state index contributed by atoms with van der Waals surface area (Å²) < 4.78 is 5.18. The number of nitrogens with one attached hydrogen (secondary N) is 3. The zero-order valence-electron chi connectivity index (χ0n) is 15.6. The van der Waals surface area contributed by atoms with Gasteiger partial charge in [0.05, 0.1) is 24.2 Å². The van der Waals surface area contributed by atoms with E-state index in [1.807, 2.05) is 61.5 Å². The molecule has 140 valence electrons. The van der Waals surface area contributed by atoms with Crippen molar-refractivity contribution in [2.45, 2.75) is 26.3 Å². The van der Waals surface area contributed by atoms with Gasteiger partial charge in [-0.25, -0.2) is 4.79 Å². The summed E-state index contributed by atoms with van der Waals surface area (Å²) in [7, 11) is 1.66. The molecule has 0 radical (unpaired) electrons. The molecule has 0 aliphatic heterocycles. The number of methoxy groups -OCH3 is 1. The number of urea groups is 1. The highest BCUT2D eigenvalue weighted by molar-refractivity contribution is 5.90. The highest BCUT2D eigenvalue weighted by Gasteiger charge is 2.13. The number of carbonyl (C=O) groups is 1. The molecule has 0 aliphatic rings. The molecule has 3 N–H and O–H groups in total. The van der Waals surface area contributed by atoms with Crippen LogP contribution in [0.5, 0.6) is 5.75 Å². The maximum atomic E-state index is 12.3. The van der Waals surface area contributed by atoms with Gasteiger partial charge < -0.3 is 15.4 Å². The van der Waals surface area contributed by atoms with Crippen molar-refractivity contribution in [3.05, 3.63) is 77.1 Å². The number of aryl methyl sites for hydroxylation is 3. The molecule has 3 rings (SSSR count). The number of aromatic nitrogens is 2. The topological polar surface area (TPSA) is 79.0 Å². The molecule has 3 aromatic rings. The Morgan fingerprint density at radius 1 is 1.04 bits per heavy atom. The minimum absolute atomic E-state index is 0.242. The van der Waals surface area contributed by atoms with Crippen LogP contribution in [0.15, 0.2) is 54.6 Å². The Balaban J connectivity index is 1.57. The molecule has 0 unspecified atom stereocenters. The Bertz CT molecular complexity index is 873. The second kappa shape index (κ2) is 8.89. The number of carbonyl (C=O) groups excluding carboxylic acids is 1. The third-order valence-electron chi connectivity index (χ3n) is 4.37. The summed E-state index contributed by atoms with van der Waals surface area (Å²) >= 11 is 0. The fraction of sp³-hybridized carbons (Fsp3) is 0.238. The van der Waals surface area contributed by atoms with Crippen molar-refractivity contribution < 1.29 is 9.53 Å². The molecule has 0 atom stereocenters. The number of H-pyrrole nitrogens is 1. The predicted octanol–water partition coefficient (Wildman–Crippen LogP) is 3.83. The number of aromatic amines is 1. The lowest BCUT2D eigenvalue weighted by molar-refractivity contribution is 0.251. The van der Waals surface area contributed by atoms with Gasteiger partial charge >= 0.3 is 6.03 Å². The minimum atomic E-state index is -0.242. The van der Waals surface area contributed by atoms with Gasteiger partial charge in [0.15, 0.2) is 0 Å². The Kier molecular flexibility index (Phi) is 6.10. The third kappa shape index (κ3) is 5.10. The number of benzene rings is 2. The molecule has 2 aromatic carbocycles. The second-order valence-electron chi connectivity index (χ2n) is 6.31. The molecular weight excluding hydrogens is 340 g/mol. The summed E-state index contributed by atoms with van der Waals surface area (Å²) in [6.45, 7) is 2.38. The lowest BCUT2D eigenvalue weighted by Crippen LogP contribution is -2.28. The number of amides is 2. The first-order chi connectivity index (χ1) is 13.2. The highest BCUT2D eigenvalue weighted by atomic mass is 16.5. The van der Waals surface area contributed by atoms with Gasteiger partial charge in [0.25, 0.3) is 0 Å². The van der Waals surface area contributed by atoms with Crippen LogP contribution in [0.25, 0.3) is 0 Å². The third-order valence-corrected chi connectivity index (χ3v) is 4.37. The van der Waals surface area contributed by atoms with Crippen LogP contribution in [0.2, 0.25) is 0 Å². The van der Waals surface area contributed by atoms with E-state index in [9.17, 15) is 4.79 Å². The van der Waals surface area contributed by atoms with Gasteiger partial charge in [0, 0.05) is 6.54 Å². The summed E-state index contributed by atoms with van der Waals surface area (Å²) in [4.78, 5) is 12.3. The summed E-state index contributed by atoms with van der Waals surface area (Å²) in [6.07, 6.45) is 1.56. The number of ether oxygens (including phenoxy) is 1. The minimum Gasteiger partial charge on any atom is -0.497 e. The summed E-state index contributed by atoms with van der Waals surface area (Å²) in [6, 6.07) is 17.5. The van der Waals surface area contributed by atoms with Crippen LogP contribution in [-0.4, -0.2) is 23.3 Å². The van der Waals surface area contributed by atoms with Crippen molar-refractivity contribution in [1.82, 2.24) is 15.5 Å². The number of anilines is 1. The standard InChI is InChI=1S/C21H24N4O2/c1-15-20(23-21(26)22-14-17-6-4-3-5-7-17)19(25-24-15)13-10-16-8-11-18(27-2)12-9-16/h3-9,11-12H,10,13-14H2,1-2H3,(H,24,25)(H2,22,23,26). The summed E-state index contributed by atoms with van der Waals surface area (Å²) in [5.74, 6) is 0.840. The van der Waals surface area contributed by atoms with Gasteiger partial charge in [0.2, 0.25) is 0 Å². The predicted molar refractivity (Wildman–Crippen MR) is 106 cm³/mol. The SMILES string of the molecule is COc1ccc(CCc2n[nH]c(C)c2NC(=O)NCc2ccccc2)cc1. The molecule has 0 fully saturated rings. The first-order valence-electron chi connectivity index (χ1n) is 8.91. The van der Waals surface area contributed by atoms with Crippen molar-refractivity contribution in [1.29, 1.82) is 0 Å². The molecule has 2 amide bonds. The first-order valence-corrected chi connectivity index (χ1v) is 8.91. The van der Waals surface area contributed by atoms with E-state index >= 15 is 0 Å². The van der Waals surface area contributed by atoms with Crippen molar-refractivity contribution in [2.75, 3.05) is 12.4 Å². The Morgan fingerprint density at radius 3 is 2.48 bits per heavy atom. The van der Waals surface area contributed by atoms with Crippen LogP contribution in [0.1, 0.15) is 22.5 Å². The van der Waals surface area contributed by atoms with Gasteiger partial charge in [-0.05, 0) is 43.0 Å². The molecule has 6 nitrogen and oxygen atoms in total.